The van der Waals surface area contributed by atoms with Gasteiger partial charge in [-0.25, -0.2) is 9.86 Å². The molecule has 2 amide bonds. The molecular weight excluding hydrogens is 400 g/mol. The Morgan fingerprint density at radius 1 is 1.06 bits per heavy atom. The van der Waals surface area contributed by atoms with Gasteiger partial charge in [0.2, 0.25) is 0 Å². The number of benzene rings is 2. The van der Waals surface area contributed by atoms with Gasteiger partial charge < -0.3 is 15.2 Å². The van der Waals surface area contributed by atoms with Crippen LogP contribution in [0.5, 0.6) is 0 Å². The van der Waals surface area contributed by atoms with Crippen molar-refractivity contribution in [3.63, 3.8) is 0 Å². The van der Waals surface area contributed by atoms with Crippen LogP contribution >= 0.6 is 0 Å². The first kappa shape index (κ1) is 22.3. The zero-order valence-corrected chi connectivity index (χ0v) is 17.5. The van der Waals surface area contributed by atoms with Crippen LogP contribution in [0.4, 0.5) is 4.79 Å². The third-order valence-corrected chi connectivity index (χ3v) is 5.21. The minimum atomic E-state index is -1.07. The molecule has 0 saturated carbocycles. The van der Waals surface area contributed by atoms with Crippen LogP contribution in [0.3, 0.4) is 0 Å². The number of carboxylic acids is 1. The lowest BCUT2D eigenvalue weighted by molar-refractivity contribution is -0.179. The average Bonchev–Trinajstić information content (AvgIpc) is 3.08. The minimum Gasteiger partial charge on any atom is -0.481 e. The predicted molar refractivity (Wildman–Crippen MR) is 113 cm³/mol. The maximum Gasteiger partial charge on any atom is 0.407 e. The summed E-state index contributed by atoms with van der Waals surface area (Å²) in [5.74, 6) is -1.72. The van der Waals surface area contributed by atoms with Crippen LogP contribution in [0.2, 0.25) is 0 Å². The van der Waals surface area contributed by atoms with Crippen LogP contribution in [-0.2, 0) is 19.2 Å². The molecule has 31 heavy (non-hydrogen) atoms. The molecular formula is C23H26N2O6. The third-order valence-electron chi connectivity index (χ3n) is 5.21. The Kier molecular flexibility index (Phi) is 7.25. The summed E-state index contributed by atoms with van der Waals surface area (Å²) in [6, 6.07) is 14.9. The summed E-state index contributed by atoms with van der Waals surface area (Å²) in [5, 5.41) is 12.4. The van der Waals surface area contributed by atoms with E-state index in [0.717, 1.165) is 27.3 Å². The maximum absolute atomic E-state index is 12.5. The number of hydrogen-bond donors (Lipinski definition) is 2. The van der Waals surface area contributed by atoms with Crippen molar-refractivity contribution < 1.29 is 29.1 Å². The van der Waals surface area contributed by atoms with Gasteiger partial charge >= 0.3 is 12.1 Å². The molecule has 0 saturated heterocycles. The van der Waals surface area contributed by atoms with Crippen LogP contribution < -0.4 is 5.32 Å². The molecule has 0 aliphatic heterocycles. The van der Waals surface area contributed by atoms with Crippen LogP contribution in [0.15, 0.2) is 48.5 Å². The largest absolute Gasteiger partial charge is 0.481 e. The van der Waals surface area contributed by atoms with Crippen molar-refractivity contribution in [3.05, 3.63) is 59.7 Å². The summed E-state index contributed by atoms with van der Waals surface area (Å²) in [5.41, 5.74) is 4.37. The second-order valence-electron chi connectivity index (χ2n) is 7.21. The smallest absolute Gasteiger partial charge is 0.407 e. The molecule has 1 atom stereocenters. The molecule has 2 aromatic carbocycles. The Bertz CT molecular complexity index is 915. The molecule has 1 aliphatic rings. The zero-order valence-electron chi connectivity index (χ0n) is 17.5. The monoisotopic (exact) mass is 426 g/mol. The number of amides is 2. The van der Waals surface area contributed by atoms with Crippen molar-refractivity contribution in [2.45, 2.75) is 31.7 Å². The molecule has 0 fully saturated rings. The Balaban J connectivity index is 1.67. The Labute approximate surface area is 180 Å². The average molecular weight is 426 g/mol. The highest BCUT2D eigenvalue weighted by Crippen LogP contribution is 2.44. The van der Waals surface area contributed by atoms with Crippen molar-refractivity contribution in [1.82, 2.24) is 10.4 Å². The molecule has 2 N–H and O–H groups in total. The van der Waals surface area contributed by atoms with Crippen molar-refractivity contribution >= 4 is 18.0 Å². The first-order valence-corrected chi connectivity index (χ1v) is 10.2. The standard InChI is InChI=1S/C23H26N2O6/c1-3-31-25(2)22(28)20(12-13-21(26)27)24-23(29)30-14-19-17-10-6-4-8-15(17)16-9-5-7-11-18(16)19/h4-11,19-20H,3,12-14H2,1-2H3,(H,24,29)(H,26,27). The molecule has 8 heteroatoms. The van der Waals surface area contributed by atoms with E-state index in [1.807, 2.05) is 48.5 Å². The summed E-state index contributed by atoms with van der Waals surface area (Å²) in [7, 11) is 1.42. The molecule has 0 bridgehead atoms. The number of nitrogens with zero attached hydrogens (tertiary/aromatic N) is 1. The number of fused-ring (bicyclic) bond motifs is 3. The van der Waals surface area contributed by atoms with Gasteiger partial charge in [0.25, 0.3) is 5.91 Å². The number of hydrogen-bond acceptors (Lipinski definition) is 5. The van der Waals surface area contributed by atoms with Crippen molar-refractivity contribution in [2.75, 3.05) is 20.3 Å². The Morgan fingerprint density at radius 3 is 2.19 bits per heavy atom. The van der Waals surface area contributed by atoms with Crippen molar-refractivity contribution in [3.8, 4) is 11.1 Å². The Morgan fingerprint density at radius 2 is 1.65 bits per heavy atom. The van der Waals surface area contributed by atoms with Gasteiger partial charge in [-0.2, -0.15) is 0 Å². The van der Waals surface area contributed by atoms with Gasteiger partial charge in [-0.3, -0.25) is 14.4 Å². The summed E-state index contributed by atoms with van der Waals surface area (Å²) >= 11 is 0. The fourth-order valence-corrected chi connectivity index (χ4v) is 3.78. The first-order valence-electron chi connectivity index (χ1n) is 10.2. The number of aliphatic carboxylic acids is 1. The van der Waals surface area contributed by atoms with E-state index >= 15 is 0 Å². The molecule has 0 radical (unpaired) electrons. The summed E-state index contributed by atoms with van der Waals surface area (Å²) in [6.45, 7) is 2.08. The number of rotatable bonds is 9. The lowest BCUT2D eigenvalue weighted by Gasteiger charge is -2.23. The summed E-state index contributed by atoms with van der Waals surface area (Å²) in [4.78, 5) is 41.1. The van der Waals surface area contributed by atoms with Gasteiger partial charge in [0, 0.05) is 19.4 Å². The molecule has 3 rings (SSSR count). The van der Waals surface area contributed by atoms with Crippen molar-refractivity contribution in [1.29, 1.82) is 0 Å². The zero-order chi connectivity index (χ0) is 22.4. The highest BCUT2D eigenvalue weighted by molar-refractivity contribution is 5.85. The minimum absolute atomic E-state index is 0.0736. The number of nitrogens with one attached hydrogen (secondary N) is 1. The first-order chi connectivity index (χ1) is 14.9. The highest BCUT2D eigenvalue weighted by atomic mass is 16.7. The number of carbonyl (C=O) groups excluding carboxylic acids is 2. The lowest BCUT2D eigenvalue weighted by Crippen LogP contribution is -2.47. The van der Waals surface area contributed by atoms with E-state index in [4.69, 9.17) is 14.7 Å². The predicted octanol–water partition coefficient (Wildman–Crippen LogP) is 3.17. The molecule has 8 nitrogen and oxygen atoms in total. The van der Waals surface area contributed by atoms with Gasteiger partial charge in [0.05, 0.1) is 6.61 Å². The maximum atomic E-state index is 12.5. The molecule has 164 valence electrons. The van der Waals surface area contributed by atoms with Gasteiger partial charge in [0.1, 0.15) is 12.6 Å². The second kappa shape index (κ2) is 10.1. The summed E-state index contributed by atoms with van der Waals surface area (Å²) in [6.07, 6.45) is -1.13. The quantitative estimate of drug-likeness (QED) is 0.597. The fourth-order valence-electron chi connectivity index (χ4n) is 3.78. The van der Waals surface area contributed by atoms with Crippen LogP contribution in [0.25, 0.3) is 11.1 Å². The van der Waals surface area contributed by atoms with E-state index in [9.17, 15) is 14.4 Å². The lowest BCUT2D eigenvalue weighted by atomic mass is 9.98. The number of likely N-dealkylation sites (N-methyl/N-ethyl adjacent to an activating group) is 1. The van der Waals surface area contributed by atoms with E-state index < -0.39 is 24.0 Å². The van der Waals surface area contributed by atoms with E-state index in [1.165, 1.54) is 7.05 Å². The van der Waals surface area contributed by atoms with Gasteiger partial charge in [-0.05, 0) is 35.6 Å². The molecule has 2 aromatic rings. The third kappa shape index (κ3) is 5.21. The molecule has 0 aromatic heterocycles. The van der Waals surface area contributed by atoms with Crippen LogP contribution in [-0.4, -0.2) is 54.4 Å². The molecule has 0 spiro atoms. The number of alkyl carbamates (subject to hydrolysis) is 1. The molecule has 1 unspecified atom stereocenters. The fraction of sp³-hybridized carbons (Fsp3) is 0.348. The second-order valence-corrected chi connectivity index (χ2v) is 7.21. The summed E-state index contributed by atoms with van der Waals surface area (Å²) < 4.78 is 5.46. The van der Waals surface area contributed by atoms with Crippen LogP contribution in [0, 0.1) is 0 Å². The van der Waals surface area contributed by atoms with E-state index in [2.05, 4.69) is 5.32 Å². The SMILES string of the molecule is CCON(C)C(=O)C(CCC(=O)O)NC(=O)OCC1c2ccccc2-c2ccccc21. The van der Waals surface area contributed by atoms with Crippen LogP contribution in [0.1, 0.15) is 36.8 Å². The molecule has 1 aliphatic carbocycles. The number of hydroxylamine groups is 2. The van der Waals surface area contributed by atoms with Gasteiger partial charge in [-0.15, -0.1) is 0 Å². The Hall–Kier alpha value is -3.39. The number of ether oxygens (including phenoxy) is 1. The normalized spacial score (nSPS) is 13.1. The van der Waals surface area contributed by atoms with Gasteiger partial charge in [-0.1, -0.05) is 48.5 Å². The number of carbonyl (C=O) groups is 3. The number of carboxylic acid groups (broad SMARTS) is 1. The van der Waals surface area contributed by atoms with Crippen molar-refractivity contribution in [2.24, 2.45) is 0 Å². The molecule has 0 heterocycles. The highest BCUT2D eigenvalue weighted by Gasteiger charge is 2.30. The van der Waals surface area contributed by atoms with E-state index in [1.54, 1.807) is 6.92 Å². The topological polar surface area (TPSA) is 105 Å². The van der Waals surface area contributed by atoms with Gasteiger partial charge in [0.15, 0.2) is 0 Å². The van der Waals surface area contributed by atoms with E-state index in [-0.39, 0.29) is 32.0 Å². The van der Waals surface area contributed by atoms with E-state index in [0.29, 0.717) is 0 Å².